The van der Waals surface area contributed by atoms with Crippen molar-refractivity contribution in [3.8, 4) is 0 Å². The summed E-state index contributed by atoms with van der Waals surface area (Å²) in [5.41, 5.74) is 0. The fourth-order valence-corrected chi connectivity index (χ4v) is 5.91. The zero-order chi connectivity index (χ0) is 37.7. The number of hydrogen-bond donors (Lipinski definition) is 4. The van der Waals surface area contributed by atoms with E-state index in [1.54, 1.807) is 0 Å². The molecule has 0 aromatic rings. The van der Waals surface area contributed by atoms with E-state index < -0.39 is 71.2 Å². The number of unbranched alkanes of at least 4 members (excludes halogenated alkanes) is 9. The second-order valence-electron chi connectivity index (χ2n) is 12.9. The molecule has 0 spiro atoms. The van der Waals surface area contributed by atoms with Crippen LogP contribution in [0.15, 0.2) is 48.6 Å². The molecule has 0 aromatic heterocycles. The maximum atomic E-state index is 12.7. The molecule has 0 aromatic carbocycles. The van der Waals surface area contributed by atoms with Crippen LogP contribution in [0.3, 0.4) is 0 Å². The van der Waals surface area contributed by atoms with Gasteiger partial charge in [0.15, 0.2) is 12.4 Å². The summed E-state index contributed by atoms with van der Waals surface area (Å²) in [5, 5.41) is 30.7. The minimum absolute atomic E-state index is 0.125. The molecule has 13 heteroatoms. The number of esters is 2. The number of carbonyl (C=O) groups excluding carboxylic acids is 2. The summed E-state index contributed by atoms with van der Waals surface area (Å²) >= 11 is 0. The standard InChI is InChI=1S/C38H64O12S/c1-3-5-7-9-11-13-15-16-17-19-21-23-25-27-34(40)49-31(28-47-33(39)26-24-22-20-18-14-12-10-8-6-4-2)29-48-38-37(43)36(42)35(41)32(50-38)30-51(44,45)46/h5,7-8,10-11,13,16-17,31-32,35-38,41-43H,3-4,6,9,12,14-15,18-30H2,1-2H3,(H,44,45,46)/b7-5-,10-8-,13-11-,17-16-. The van der Waals surface area contributed by atoms with Crippen LogP contribution in [-0.4, -0.2) is 96.0 Å². The van der Waals surface area contributed by atoms with Crippen molar-refractivity contribution < 1.29 is 56.8 Å². The highest BCUT2D eigenvalue weighted by atomic mass is 32.2. The van der Waals surface area contributed by atoms with E-state index in [1.807, 2.05) is 0 Å². The van der Waals surface area contributed by atoms with Gasteiger partial charge in [0.1, 0.15) is 36.8 Å². The van der Waals surface area contributed by atoms with Crippen LogP contribution in [-0.2, 0) is 38.7 Å². The number of hydrogen-bond acceptors (Lipinski definition) is 11. The van der Waals surface area contributed by atoms with Gasteiger partial charge >= 0.3 is 11.9 Å². The SMILES string of the molecule is CC/C=C\C/C=C\C/C=C\CCCCCC(=O)OC(COC(=O)CCCCCCC/C=C\CCC)COC1OC(CS(=O)(=O)O)C(O)C(O)C1O. The minimum Gasteiger partial charge on any atom is -0.462 e. The van der Waals surface area contributed by atoms with Gasteiger partial charge in [0, 0.05) is 12.8 Å². The van der Waals surface area contributed by atoms with Crippen LogP contribution >= 0.6 is 0 Å². The first-order valence-electron chi connectivity index (χ1n) is 18.7. The summed E-state index contributed by atoms with van der Waals surface area (Å²) in [6, 6.07) is 0. The molecule has 1 heterocycles. The summed E-state index contributed by atoms with van der Waals surface area (Å²) in [6.07, 6.45) is 21.9. The fraction of sp³-hybridized carbons (Fsp3) is 0.737. The van der Waals surface area contributed by atoms with E-state index in [9.17, 15) is 37.9 Å². The van der Waals surface area contributed by atoms with Crippen LogP contribution in [0, 0.1) is 0 Å². The fourth-order valence-electron chi connectivity index (χ4n) is 5.22. The Morgan fingerprint density at radius 1 is 0.686 bits per heavy atom. The number of carbonyl (C=O) groups is 2. The maximum absolute atomic E-state index is 12.7. The van der Waals surface area contributed by atoms with Gasteiger partial charge in [-0.25, -0.2) is 0 Å². The predicted molar refractivity (Wildman–Crippen MR) is 196 cm³/mol. The zero-order valence-electron chi connectivity index (χ0n) is 30.7. The third-order valence-electron chi connectivity index (χ3n) is 8.12. The normalized spacial score (nSPS) is 22.0. The number of rotatable bonds is 29. The average Bonchev–Trinajstić information content (AvgIpc) is 3.09. The van der Waals surface area contributed by atoms with Crippen LogP contribution in [0.25, 0.3) is 0 Å². The van der Waals surface area contributed by atoms with Crippen molar-refractivity contribution in [1.29, 1.82) is 0 Å². The lowest BCUT2D eigenvalue weighted by Crippen LogP contribution is -2.60. The Labute approximate surface area is 305 Å². The molecule has 1 saturated heterocycles. The molecular weight excluding hydrogens is 680 g/mol. The maximum Gasteiger partial charge on any atom is 0.306 e. The first-order valence-corrected chi connectivity index (χ1v) is 20.3. The van der Waals surface area contributed by atoms with Gasteiger partial charge in [-0.05, 0) is 64.2 Å². The van der Waals surface area contributed by atoms with E-state index in [1.165, 1.54) is 0 Å². The van der Waals surface area contributed by atoms with E-state index in [4.69, 9.17) is 18.9 Å². The first kappa shape index (κ1) is 46.6. The van der Waals surface area contributed by atoms with E-state index in [-0.39, 0.29) is 19.4 Å². The van der Waals surface area contributed by atoms with Crippen molar-refractivity contribution in [2.24, 2.45) is 0 Å². The molecule has 0 radical (unpaired) electrons. The lowest BCUT2D eigenvalue weighted by Gasteiger charge is -2.40. The van der Waals surface area contributed by atoms with Gasteiger partial charge in [0.25, 0.3) is 10.1 Å². The molecule has 12 nitrogen and oxygen atoms in total. The van der Waals surface area contributed by atoms with Gasteiger partial charge in [-0.2, -0.15) is 8.42 Å². The zero-order valence-corrected chi connectivity index (χ0v) is 31.5. The Bertz CT molecular complexity index is 1150. The Morgan fingerprint density at radius 3 is 1.88 bits per heavy atom. The van der Waals surface area contributed by atoms with E-state index in [0.717, 1.165) is 83.5 Å². The Kier molecular flexibility index (Phi) is 26.6. The molecule has 1 fully saturated rings. The van der Waals surface area contributed by atoms with Crippen molar-refractivity contribution in [2.75, 3.05) is 19.0 Å². The molecule has 0 aliphatic carbocycles. The number of ether oxygens (including phenoxy) is 4. The van der Waals surface area contributed by atoms with E-state index in [2.05, 4.69) is 62.5 Å². The van der Waals surface area contributed by atoms with Crippen LogP contribution < -0.4 is 0 Å². The summed E-state index contributed by atoms with van der Waals surface area (Å²) in [6.45, 7) is 3.50. The van der Waals surface area contributed by atoms with Crippen LogP contribution in [0.4, 0.5) is 0 Å². The van der Waals surface area contributed by atoms with Crippen molar-refractivity contribution >= 4 is 22.1 Å². The molecule has 1 rings (SSSR count). The third kappa shape index (κ3) is 24.5. The molecule has 1 aliphatic rings. The summed E-state index contributed by atoms with van der Waals surface area (Å²) in [4.78, 5) is 25.2. The Morgan fingerprint density at radius 2 is 1.24 bits per heavy atom. The first-order chi connectivity index (χ1) is 24.5. The molecule has 6 atom stereocenters. The highest BCUT2D eigenvalue weighted by molar-refractivity contribution is 7.85. The molecule has 6 unspecified atom stereocenters. The molecule has 0 saturated carbocycles. The van der Waals surface area contributed by atoms with Crippen molar-refractivity contribution in [1.82, 2.24) is 0 Å². The molecule has 1 aliphatic heterocycles. The third-order valence-corrected chi connectivity index (χ3v) is 8.87. The molecule has 0 bridgehead atoms. The van der Waals surface area contributed by atoms with Gasteiger partial charge in [-0.15, -0.1) is 0 Å². The Balaban J connectivity index is 2.58. The topological polar surface area (TPSA) is 186 Å². The van der Waals surface area contributed by atoms with Crippen molar-refractivity contribution in [2.45, 2.75) is 160 Å². The van der Waals surface area contributed by atoms with Gasteiger partial charge in [-0.1, -0.05) is 94.6 Å². The molecule has 4 N–H and O–H groups in total. The minimum atomic E-state index is -4.60. The van der Waals surface area contributed by atoms with Crippen LogP contribution in [0.5, 0.6) is 0 Å². The summed E-state index contributed by atoms with van der Waals surface area (Å²) in [7, 11) is -4.60. The monoisotopic (exact) mass is 744 g/mol. The quantitative estimate of drug-likeness (QED) is 0.0301. The molecule has 51 heavy (non-hydrogen) atoms. The van der Waals surface area contributed by atoms with Gasteiger partial charge in [0.05, 0.1) is 6.61 Å². The van der Waals surface area contributed by atoms with Gasteiger partial charge in [0.2, 0.25) is 0 Å². The second-order valence-corrected chi connectivity index (χ2v) is 14.3. The smallest absolute Gasteiger partial charge is 0.306 e. The lowest BCUT2D eigenvalue weighted by molar-refractivity contribution is -0.297. The summed E-state index contributed by atoms with van der Waals surface area (Å²) in [5.74, 6) is -2.05. The Hall–Kier alpha value is -2.39. The average molecular weight is 745 g/mol. The highest BCUT2D eigenvalue weighted by Gasteiger charge is 2.46. The number of aliphatic hydroxyl groups is 3. The van der Waals surface area contributed by atoms with Crippen LogP contribution in [0.2, 0.25) is 0 Å². The predicted octanol–water partition coefficient (Wildman–Crippen LogP) is 6.05. The van der Waals surface area contributed by atoms with Crippen LogP contribution in [0.1, 0.15) is 123 Å². The second kappa shape index (κ2) is 29.1. The largest absolute Gasteiger partial charge is 0.462 e. The lowest BCUT2D eigenvalue weighted by atomic mass is 10.00. The van der Waals surface area contributed by atoms with Gasteiger partial charge < -0.3 is 34.3 Å². The molecular formula is C38H64O12S. The molecule has 294 valence electrons. The number of allylic oxidation sites excluding steroid dienone is 8. The van der Waals surface area contributed by atoms with E-state index in [0.29, 0.717) is 12.8 Å². The van der Waals surface area contributed by atoms with Crippen molar-refractivity contribution in [3.05, 3.63) is 48.6 Å². The summed E-state index contributed by atoms with van der Waals surface area (Å²) < 4.78 is 53.7. The number of aliphatic hydroxyl groups excluding tert-OH is 3. The van der Waals surface area contributed by atoms with Gasteiger partial charge in [-0.3, -0.25) is 14.1 Å². The molecule has 0 amide bonds. The van der Waals surface area contributed by atoms with Crippen molar-refractivity contribution in [3.63, 3.8) is 0 Å². The van der Waals surface area contributed by atoms with E-state index >= 15 is 0 Å². The highest BCUT2D eigenvalue weighted by Crippen LogP contribution is 2.23.